The first-order valence-electron chi connectivity index (χ1n) is 3.86. The van der Waals surface area contributed by atoms with E-state index < -0.39 is 7.12 Å². The SMILES string of the molecule is OB(O)c1c(I)c(O)cc2ccsc12. The Kier molecular flexibility index (Phi) is 2.69. The van der Waals surface area contributed by atoms with Crippen LogP contribution in [0, 0.1) is 3.57 Å². The van der Waals surface area contributed by atoms with Gasteiger partial charge in [0.15, 0.2) is 0 Å². The summed E-state index contributed by atoms with van der Waals surface area (Å²) in [5.41, 5.74) is 0.385. The summed E-state index contributed by atoms with van der Waals surface area (Å²) in [6.07, 6.45) is 0. The van der Waals surface area contributed by atoms with Gasteiger partial charge in [-0.15, -0.1) is 11.3 Å². The largest absolute Gasteiger partial charge is 0.507 e. The molecule has 3 nitrogen and oxygen atoms in total. The zero-order valence-corrected chi connectivity index (χ0v) is 9.91. The van der Waals surface area contributed by atoms with Gasteiger partial charge in [-0.3, -0.25) is 0 Å². The first-order valence-corrected chi connectivity index (χ1v) is 5.82. The Morgan fingerprint density at radius 2 is 2.07 bits per heavy atom. The van der Waals surface area contributed by atoms with E-state index in [9.17, 15) is 15.2 Å². The molecule has 14 heavy (non-hydrogen) atoms. The van der Waals surface area contributed by atoms with Crippen LogP contribution >= 0.6 is 33.9 Å². The van der Waals surface area contributed by atoms with E-state index >= 15 is 0 Å². The lowest BCUT2D eigenvalue weighted by molar-refractivity contribution is 0.424. The van der Waals surface area contributed by atoms with Crippen molar-refractivity contribution >= 4 is 56.6 Å². The third kappa shape index (κ3) is 1.52. The molecule has 0 radical (unpaired) electrons. The van der Waals surface area contributed by atoms with Crippen LogP contribution in [0.25, 0.3) is 10.1 Å². The van der Waals surface area contributed by atoms with Gasteiger partial charge in [0.05, 0.1) is 3.57 Å². The van der Waals surface area contributed by atoms with Gasteiger partial charge in [-0.2, -0.15) is 0 Å². The number of hydrogen-bond donors (Lipinski definition) is 3. The number of thiophene rings is 1. The number of halogens is 1. The van der Waals surface area contributed by atoms with Crippen LogP contribution in [0.2, 0.25) is 0 Å². The van der Waals surface area contributed by atoms with Crippen LogP contribution in [0.5, 0.6) is 5.75 Å². The van der Waals surface area contributed by atoms with E-state index in [2.05, 4.69) is 0 Å². The third-order valence-electron chi connectivity index (χ3n) is 1.95. The standard InChI is InChI=1S/C8H6BIO3S/c10-7-5(11)3-4-1-2-14-8(4)6(7)9(12)13/h1-3,11-13H. The van der Waals surface area contributed by atoms with Gasteiger partial charge in [0, 0.05) is 10.2 Å². The van der Waals surface area contributed by atoms with Crippen molar-refractivity contribution in [1.82, 2.24) is 0 Å². The van der Waals surface area contributed by atoms with Crippen LogP contribution in [0.3, 0.4) is 0 Å². The lowest BCUT2D eigenvalue weighted by atomic mass is 9.79. The topological polar surface area (TPSA) is 60.7 Å². The average molecular weight is 320 g/mol. The van der Waals surface area contributed by atoms with Crippen molar-refractivity contribution in [2.75, 3.05) is 0 Å². The predicted octanol–water partition coefficient (Wildman–Crippen LogP) is 0.891. The molecular formula is C8H6BIO3S. The summed E-state index contributed by atoms with van der Waals surface area (Å²) in [6, 6.07) is 3.46. The molecule has 0 aliphatic heterocycles. The van der Waals surface area contributed by atoms with Crippen LogP contribution in [-0.2, 0) is 0 Å². The van der Waals surface area contributed by atoms with Crippen LogP contribution in [0.15, 0.2) is 17.5 Å². The molecule has 2 aromatic rings. The third-order valence-corrected chi connectivity index (χ3v) is 4.05. The first kappa shape index (κ1) is 10.2. The number of rotatable bonds is 1. The molecule has 0 fully saturated rings. The van der Waals surface area contributed by atoms with E-state index in [1.54, 1.807) is 6.07 Å². The second kappa shape index (κ2) is 3.69. The van der Waals surface area contributed by atoms with Gasteiger partial charge in [0.1, 0.15) is 5.75 Å². The molecule has 0 atom stereocenters. The summed E-state index contributed by atoms with van der Waals surface area (Å²) in [7, 11) is -1.55. The molecule has 0 unspecified atom stereocenters. The van der Waals surface area contributed by atoms with Gasteiger partial charge in [-0.25, -0.2) is 0 Å². The van der Waals surface area contributed by atoms with Crippen LogP contribution < -0.4 is 5.46 Å². The molecule has 0 bridgehead atoms. The zero-order valence-electron chi connectivity index (χ0n) is 6.94. The highest BCUT2D eigenvalue weighted by Gasteiger charge is 2.21. The highest BCUT2D eigenvalue weighted by Crippen LogP contribution is 2.28. The summed E-state index contributed by atoms with van der Waals surface area (Å²) in [4.78, 5) is 0. The minimum Gasteiger partial charge on any atom is -0.507 e. The van der Waals surface area contributed by atoms with Crippen molar-refractivity contribution < 1.29 is 15.2 Å². The summed E-state index contributed by atoms with van der Waals surface area (Å²) >= 11 is 3.33. The van der Waals surface area contributed by atoms with E-state index in [0.717, 1.165) is 10.1 Å². The lowest BCUT2D eigenvalue weighted by Crippen LogP contribution is -2.32. The fourth-order valence-electron chi connectivity index (χ4n) is 1.33. The minimum atomic E-state index is -1.55. The molecule has 1 aromatic heterocycles. The normalized spacial score (nSPS) is 10.8. The predicted molar refractivity (Wildman–Crippen MR) is 66.0 cm³/mol. The Hall–Kier alpha value is -0.305. The molecule has 1 heterocycles. The molecule has 6 heteroatoms. The maximum absolute atomic E-state index is 9.54. The van der Waals surface area contributed by atoms with E-state index in [1.807, 2.05) is 34.0 Å². The number of phenolic OH excluding ortho intramolecular Hbond substituents is 1. The summed E-state index contributed by atoms with van der Waals surface area (Å²) in [6.45, 7) is 0. The van der Waals surface area contributed by atoms with Gasteiger partial charge >= 0.3 is 7.12 Å². The Labute approximate surface area is 98.3 Å². The summed E-state index contributed by atoms with van der Waals surface area (Å²) in [5.74, 6) is 0.0830. The first-order chi connectivity index (χ1) is 6.61. The molecule has 0 spiro atoms. The van der Waals surface area contributed by atoms with E-state index in [4.69, 9.17) is 0 Å². The lowest BCUT2D eigenvalue weighted by Gasteiger charge is -2.06. The Morgan fingerprint density at radius 3 is 2.71 bits per heavy atom. The highest BCUT2D eigenvalue weighted by molar-refractivity contribution is 14.1. The van der Waals surface area contributed by atoms with Crippen molar-refractivity contribution in [1.29, 1.82) is 0 Å². The van der Waals surface area contributed by atoms with Crippen LogP contribution in [0.4, 0.5) is 0 Å². The number of fused-ring (bicyclic) bond motifs is 1. The molecule has 2 rings (SSSR count). The van der Waals surface area contributed by atoms with E-state index in [1.165, 1.54) is 11.3 Å². The Bertz CT molecular complexity index is 483. The maximum Gasteiger partial charge on any atom is 0.491 e. The molecule has 1 aromatic carbocycles. The molecule has 0 amide bonds. The van der Waals surface area contributed by atoms with Gasteiger partial charge in [0.25, 0.3) is 0 Å². The number of aromatic hydroxyl groups is 1. The summed E-state index contributed by atoms with van der Waals surface area (Å²) in [5, 5.41) is 30.6. The van der Waals surface area contributed by atoms with Crippen molar-refractivity contribution in [3.05, 3.63) is 21.1 Å². The van der Waals surface area contributed by atoms with Crippen molar-refractivity contribution in [3.8, 4) is 5.75 Å². The fraction of sp³-hybridized carbons (Fsp3) is 0. The highest BCUT2D eigenvalue weighted by atomic mass is 127. The molecular weight excluding hydrogens is 314 g/mol. The maximum atomic E-state index is 9.54. The molecule has 0 aliphatic carbocycles. The molecule has 3 N–H and O–H groups in total. The molecule has 72 valence electrons. The molecule has 0 saturated heterocycles. The van der Waals surface area contributed by atoms with Gasteiger partial charge in [-0.05, 0) is 45.5 Å². The van der Waals surface area contributed by atoms with Crippen molar-refractivity contribution in [3.63, 3.8) is 0 Å². The molecule has 0 saturated carbocycles. The Balaban J connectivity index is 2.86. The molecule has 0 aliphatic rings. The van der Waals surface area contributed by atoms with Gasteiger partial charge < -0.3 is 15.2 Å². The fourth-order valence-corrected chi connectivity index (χ4v) is 3.17. The van der Waals surface area contributed by atoms with Crippen molar-refractivity contribution in [2.24, 2.45) is 0 Å². The average Bonchev–Trinajstić information content (AvgIpc) is 2.52. The quantitative estimate of drug-likeness (QED) is 0.540. The minimum absolute atomic E-state index is 0.0830. The van der Waals surface area contributed by atoms with E-state index in [-0.39, 0.29) is 5.75 Å². The monoisotopic (exact) mass is 320 g/mol. The number of hydrogen-bond acceptors (Lipinski definition) is 4. The Morgan fingerprint density at radius 1 is 1.36 bits per heavy atom. The number of benzene rings is 1. The van der Waals surface area contributed by atoms with Crippen LogP contribution in [-0.4, -0.2) is 22.3 Å². The number of phenols is 1. The van der Waals surface area contributed by atoms with Gasteiger partial charge in [-0.1, -0.05) is 0 Å². The second-order valence-corrected chi connectivity index (χ2v) is 4.83. The van der Waals surface area contributed by atoms with Crippen molar-refractivity contribution in [2.45, 2.75) is 0 Å². The van der Waals surface area contributed by atoms with Crippen LogP contribution in [0.1, 0.15) is 0 Å². The smallest absolute Gasteiger partial charge is 0.491 e. The van der Waals surface area contributed by atoms with E-state index in [0.29, 0.717) is 9.03 Å². The van der Waals surface area contributed by atoms with Gasteiger partial charge in [0.2, 0.25) is 0 Å². The summed E-state index contributed by atoms with van der Waals surface area (Å²) < 4.78 is 1.30. The zero-order chi connectivity index (χ0) is 10.3. The second-order valence-electron chi connectivity index (χ2n) is 2.84.